The Morgan fingerprint density at radius 1 is 1.16 bits per heavy atom. The third-order valence-electron chi connectivity index (χ3n) is 6.35. The SMILES string of the molecule is COC1(CCO)CCN(c2nccc(Cc3cc4c(cn3)nc(C)n4C(C)C)n2)CC1. The zero-order valence-electron chi connectivity index (χ0n) is 18.9. The molecule has 1 aliphatic rings. The van der Waals surface area contributed by atoms with Crippen LogP contribution in [0.25, 0.3) is 11.0 Å². The fraction of sp³-hybridized carbons (Fsp3) is 0.565. The molecule has 0 saturated carbocycles. The Kier molecular flexibility index (Phi) is 6.20. The van der Waals surface area contributed by atoms with Crippen LogP contribution in [0.5, 0.6) is 0 Å². The average Bonchev–Trinajstić information content (AvgIpc) is 3.10. The normalized spacial score (nSPS) is 16.4. The fourth-order valence-electron chi connectivity index (χ4n) is 4.60. The third-order valence-corrected chi connectivity index (χ3v) is 6.35. The highest BCUT2D eigenvalue weighted by Crippen LogP contribution is 2.30. The number of hydrogen-bond acceptors (Lipinski definition) is 7. The van der Waals surface area contributed by atoms with Gasteiger partial charge in [0, 0.05) is 51.2 Å². The van der Waals surface area contributed by atoms with Gasteiger partial charge in [-0.25, -0.2) is 15.0 Å². The number of hydrogen-bond donors (Lipinski definition) is 1. The topological polar surface area (TPSA) is 89.2 Å². The maximum Gasteiger partial charge on any atom is 0.225 e. The molecule has 1 saturated heterocycles. The lowest BCUT2D eigenvalue weighted by molar-refractivity contribution is -0.0456. The van der Waals surface area contributed by atoms with E-state index in [0.29, 0.717) is 18.9 Å². The highest BCUT2D eigenvalue weighted by molar-refractivity contribution is 5.75. The molecular weight excluding hydrogens is 392 g/mol. The summed E-state index contributed by atoms with van der Waals surface area (Å²) in [5.41, 5.74) is 3.72. The van der Waals surface area contributed by atoms with Gasteiger partial charge in [-0.2, -0.15) is 0 Å². The summed E-state index contributed by atoms with van der Waals surface area (Å²) >= 11 is 0. The van der Waals surface area contributed by atoms with Gasteiger partial charge < -0.3 is 19.3 Å². The number of methoxy groups -OCH3 is 1. The zero-order valence-corrected chi connectivity index (χ0v) is 18.9. The Balaban J connectivity index is 1.51. The Hall–Kier alpha value is -2.58. The minimum absolute atomic E-state index is 0.145. The number of pyridine rings is 1. The van der Waals surface area contributed by atoms with E-state index >= 15 is 0 Å². The van der Waals surface area contributed by atoms with E-state index in [4.69, 9.17) is 9.72 Å². The van der Waals surface area contributed by atoms with E-state index in [1.54, 1.807) is 7.11 Å². The quantitative estimate of drug-likeness (QED) is 0.623. The van der Waals surface area contributed by atoms with E-state index in [-0.39, 0.29) is 12.2 Å². The van der Waals surface area contributed by atoms with Crippen molar-refractivity contribution >= 4 is 17.0 Å². The highest BCUT2D eigenvalue weighted by Gasteiger charge is 2.34. The van der Waals surface area contributed by atoms with Crippen LogP contribution in [0.2, 0.25) is 0 Å². The number of imidazole rings is 1. The molecule has 166 valence electrons. The number of piperidine rings is 1. The van der Waals surface area contributed by atoms with Crippen molar-refractivity contribution in [1.82, 2.24) is 24.5 Å². The Bertz CT molecular complexity index is 1040. The van der Waals surface area contributed by atoms with Crippen LogP contribution in [0.4, 0.5) is 5.95 Å². The molecule has 3 aromatic rings. The summed E-state index contributed by atoms with van der Waals surface area (Å²) in [7, 11) is 1.74. The lowest BCUT2D eigenvalue weighted by Gasteiger charge is -2.40. The predicted molar refractivity (Wildman–Crippen MR) is 120 cm³/mol. The fourth-order valence-corrected chi connectivity index (χ4v) is 4.60. The molecule has 3 aromatic heterocycles. The summed E-state index contributed by atoms with van der Waals surface area (Å²) in [6.45, 7) is 8.15. The lowest BCUT2D eigenvalue weighted by Crippen LogP contribution is -2.46. The summed E-state index contributed by atoms with van der Waals surface area (Å²) in [5, 5.41) is 9.36. The Morgan fingerprint density at radius 2 is 1.94 bits per heavy atom. The molecule has 0 atom stereocenters. The molecular formula is C23H32N6O2. The summed E-state index contributed by atoms with van der Waals surface area (Å²) in [4.78, 5) is 20.8. The number of aryl methyl sites for hydroxylation is 1. The second kappa shape index (κ2) is 8.88. The molecule has 0 aliphatic carbocycles. The van der Waals surface area contributed by atoms with Crippen molar-refractivity contribution in [2.75, 3.05) is 31.7 Å². The molecule has 1 aliphatic heterocycles. The number of rotatable bonds is 7. The minimum Gasteiger partial charge on any atom is -0.396 e. The average molecular weight is 425 g/mol. The molecule has 8 heteroatoms. The van der Waals surface area contributed by atoms with Crippen LogP contribution >= 0.6 is 0 Å². The lowest BCUT2D eigenvalue weighted by atomic mass is 9.88. The van der Waals surface area contributed by atoms with E-state index in [1.807, 2.05) is 25.4 Å². The molecule has 4 rings (SSSR count). The van der Waals surface area contributed by atoms with Gasteiger partial charge in [-0.3, -0.25) is 4.98 Å². The number of aliphatic hydroxyl groups is 1. The van der Waals surface area contributed by atoms with E-state index in [1.165, 1.54) is 0 Å². The van der Waals surface area contributed by atoms with E-state index in [9.17, 15) is 5.11 Å². The van der Waals surface area contributed by atoms with Crippen LogP contribution in [0.3, 0.4) is 0 Å². The van der Waals surface area contributed by atoms with E-state index in [2.05, 4.69) is 44.3 Å². The van der Waals surface area contributed by atoms with Gasteiger partial charge in [0.2, 0.25) is 5.95 Å². The molecule has 4 heterocycles. The number of ether oxygens (including phenoxy) is 1. The summed E-state index contributed by atoms with van der Waals surface area (Å²) < 4.78 is 7.97. The monoisotopic (exact) mass is 424 g/mol. The molecule has 0 bridgehead atoms. The van der Waals surface area contributed by atoms with Crippen molar-refractivity contribution in [3.05, 3.63) is 41.7 Å². The summed E-state index contributed by atoms with van der Waals surface area (Å²) in [6, 6.07) is 4.42. The first kappa shape index (κ1) is 21.6. The van der Waals surface area contributed by atoms with Gasteiger partial charge in [-0.1, -0.05) is 0 Å². The number of nitrogens with zero attached hydrogens (tertiary/aromatic N) is 6. The van der Waals surface area contributed by atoms with E-state index < -0.39 is 0 Å². The molecule has 31 heavy (non-hydrogen) atoms. The van der Waals surface area contributed by atoms with Gasteiger partial charge in [0.1, 0.15) is 11.3 Å². The molecule has 0 aromatic carbocycles. The second-order valence-electron chi connectivity index (χ2n) is 8.66. The molecule has 8 nitrogen and oxygen atoms in total. The largest absolute Gasteiger partial charge is 0.396 e. The van der Waals surface area contributed by atoms with Crippen molar-refractivity contribution in [3.63, 3.8) is 0 Å². The molecule has 0 radical (unpaired) electrons. The first-order valence-corrected chi connectivity index (χ1v) is 11.0. The van der Waals surface area contributed by atoms with Gasteiger partial charge >= 0.3 is 0 Å². The van der Waals surface area contributed by atoms with Crippen molar-refractivity contribution in [3.8, 4) is 0 Å². The van der Waals surface area contributed by atoms with Crippen molar-refractivity contribution < 1.29 is 9.84 Å². The van der Waals surface area contributed by atoms with Crippen LogP contribution in [0.1, 0.15) is 56.4 Å². The van der Waals surface area contributed by atoms with Gasteiger partial charge in [0.25, 0.3) is 0 Å². The van der Waals surface area contributed by atoms with Gasteiger partial charge in [-0.15, -0.1) is 0 Å². The van der Waals surface area contributed by atoms with Crippen LogP contribution in [0.15, 0.2) is 24.5 Å². The minimum atomic E-state index is -0.236. The van der Waals surface area contributed by atoms with Gasteiger partial charge in [0.15, 0.2) is 0 Å². The second-order valence-corrected chi connectivity index (χ2v) is 8.66. The summed E-state index contributed by atoms with van der Waals surface area (Å²) in [6.07, 6.45) is 6.70. The number of fused-ring (bicyclic) bond motifs is 1. The van der Waals surface area contributed by atoms with Crippen LogP contribution in [0, 0.1) is 6.92 Å². The third kappa shape index (κ3) is 4.41. The van der Waals surface area contributed by atoms with Crippen molar-refractivity contribution in [1.29, 1.82) is 0 Å². The molecule has 0 unspecified atom stereocenters. The summed E-state index contributed by atoms with van der Waals surface area (Å²) in [5.74, 6) is 1.75. The standard InChI is InChI=1S/C23H32N6O2/c1-16(2)29-17(3)26-20-15-25-19(14-21(20)29)13-18-5-9-24-22(27-18)28-10-6-23(31-4,7-11-28)8-12-30/h5,9,14-16,30H,6-8,10-13H2,1-4H3. The Morgan fingerprint density at radius 3 is 2.61 bits per heavy atom. The first-order chi connectivity index (χ1) is 14.9. The van der Waals surface area contributed by atoms with Gasteiger partial charge in [0.05, 0.1) is 23.0 Å². The maximum atomic E-state index is 9.36. The molecule has 0 amide bonds. The smallest absolute Gasteiger partial charge is 0.225 e. The van der Waals surface area contributed by atoms with Gasteiger partial charge in [-0.05, 0) is 52.2 Å². The number of aromatic nitrogens is 5. The van der Waals surface area contributed by atoms with Crippen LogP contribution < -0.4 is 4.90 Å². The zero-order chi connectivity index (χ0) is 22.0. The maximum absolute atomic E-state index is 9.36. The van der Waals surface area contributed by atoms with E-state index in [0.717, 1.165) is 60.1 Å². The van der Waals surface area contributed by atoms with Crippen LogP contribution in [-0.4, -0.2) is 62.0 Å². The molecule has 1 fully saturated rings. The molecule has 1 N–H and O–H groups in total. The first-order valence-electron chi connectivity index (χ1n) is 11.0. The number of anilines is 1. The van der Waals surface area contributed by atoms with Crippen LogP contribution in [-0.2, 0) is 11.2 Å². The predicted octanol–water partition coefficient (Wildman–Crippen LogP) is 3.07. The van der Waals surface area contributed by atoms with Crippen molar-refractivity contribution in [2.24, 2.45) is 0 Å². The number of aliphatic hydroxyl groups excluding tert-OH is 1. The highest BCUT2D eigenvalue weighted by atomic mass is 16.5. The molecule has 0 spiro atoms. The Labute approximate surface area is 183 Å². The van der Waals surface area contributed by atoms with Crippen molar-refractivity contribution in [2.45, 2.75) is 58.1 Å².